The van der Waals surface area contributed by atoms with E-state index in [9.17, 15) is 14.7 Å². The molecule has 6 nitrogen and oxygen atoms in total. The predicted octanol–water partition coefficient (Wildman–Crippen LogP) is 4.65. The molecule has 0 fully saturated rings. The van der Waals surface area contributed by atoms with Crippen LogP contribution in [-0.2, 0) is 9.59 Å². The Morgan fingerprint density at radius 1 is 0.903 bits per heavy atom. The minimum Gasteiger partial charge on any atom is -0.507 e. The van der Waals surface area contributed by atoms with Crippen molar-refractivity contribution >= 4 is 39.9 Å². The predicted molar refractivity (Wildman–Crippen MR) is 131 cm³/mol. The van der Waals surface area contributed by atoms with Gasteiger partial charge in [-0.05, 0) is 39.8 Å². The van der Waals surface area contributed by atoms with E-state index < -0.39 is 12.0 Å². The maximum atomic E-state index is 10.9. The van der Waals surface area contributed by atoms with Gasteiger partial charge in [-0.25, -0.2) is 0 Å². The summed E-state index contributed by atoms with van der Waals surface area (Å²) in [7, 11) is 0. The highest BCUT2D eigenvalue weighted by atomic mass is 79.9. The third-order valence-corrected chi connectivity index (χ3v) is 4.10. The number of allylic oxidation sites excluding steroid dienone is 2. The van der Waals surface area contributed by atoms with E-state index in [4.69, 9.17) is 16.2 Å². The summed E-state index contributed by atoms with van der Waals surface area (Å²) in [5.41, 5.74) is 11.7. The van der Waals surface area contributed by atoms with Gasteiger partial charge in [0.1, 0.15) is 11.5 Å². The summed E-state index contributed by atoms with van der Waals surface area (Å²) in [5, 5.41) is 9.19. The lowest BCUT2D eigenvalue weighted by molar-refractivity contribution is -0.124. The molecule has 0 saturated carbocycles. The van der Waals surface area contributed by atoms with E-state index in [0.29, 0.717) is 11.5 Å². The van der Waals surface area contributed by atoms with E-state index in [1.54, 1.807) is 19.9 Å². The van der Waals surface area contributed by atoms with Crippen molar-refractivity contribution in [1.29, 1.82) is 0 Å². The molecule has 2 aromatic rings. The normalized spacial score (nSPS) is 12.2. The summed E-state index contributed by atoms with van der Waals surface area (Å²) < 4.78 is 5.43. The van der Waals surface area contributed by atoms with Crippen LogP contribution in [0.15, 0.2) is 60.7 Å². The first kappa shape index (κ1) is 27.9. The maximum Gasteiger partial charge on any atom is 0.258 e. The van der Waals surface area contributed by atoms with E-state index in [1.807, 2.05) is 80.6 Å². The number of ether oxygens (including phenoxy) is 1. The van der Waals surface area contributed by atoms with Crippen LogP contribution in [-0.4, -0.2) is 27.9 Å². The third kappa shape index (κ3) is 12.3. The van der Waals surface area contributed by atoms with E-state index >= 15 is 0 Å². The van der Waals surface area contributed by atoms with Crippen molar-refractivity contribution in [1.82, 2.24) is 0 Å². The van der Waals surface area contributed by atoms with Crippen LogP contribution in [0.25, 0.3) is 12.2 Å². The number of primary amides is 2. The monoisotopic (exact) mass is 490 g/mol. The van der Waals surface area contributed by atoms with Gasteiger partial charge in [0, 0.05) is 11.1 Å². The fourth-order valence-corrected chi connectivity index (χ4v) is 1.96. The number of para-hydroxylation sites is 2. The highest BCUT2D eigenvalue weighted by molar-refractivity contribution is 9.10. The molecular weight excluding hydrogens is 460 g/mol. The number of hydrogen-bond donors (Lipinski definition) is 3. The van der Waals surface area contributed by atoms with E-state index in [1.165, 1.54) is 0 Å². The summed E-state index contributed by atoms with van der Waals surface area (Å²) >= 11 is 2.96. The summed E-state index contributed by atoms with van der Waals surface area (Å²) in [5.74, 6) is 0.211. The van der Waals surface area contributed by atoms with Crippen LogP contribution in [0.5, 0.6) is 11.5 Å². The number of carbonyl (C=O) groups is 2. The SMILES string of the molecule is CC(Br)C(N)=O.CC=Cc1ccccc1O.CC=Cc1ccccc1OC(C)C(N)=O. The number of aromatic hydroxyl groups is 1. The molecule has 0 aliphatic heterocycles. The first-order valence-electron chi connectivity index (χ1n) is 9.65. The van der Waals surface area contributed by atoms with Gasteiger partial charge >= 0.3 is 0 Å². The van der Waals surface area contributed by atoms with Gasteiger partial charge in [-0.1, -0.05) is 76.6 Å². The van der Waals surface area contributed by atoms with Crippen molar-refractivity contribution in [3.63, 3.8) is 0 Å². The molecule has 5 N–H and O–H groups in total. The topological polar surface area (TPSA) is 116 Å². The molecule has 0 aromatic heterocycles. The number of rotatable bonds is 6. The second kappa shape index (κ2) is 15.7. The van der Waals surface area contributed by atoms with Crippen LogP contribution in [0.3, 0.4) is 0 Å². The second-order valence-corrected chi connectivity index (χ2v) is 7.65. The van der Waals surface area contributed by atoms with Crippen molar-refractivity contribution in [2.45, 2.75) is 38.6 Å². The van der Waals surface area contributed by atoms with Gasteiger partial charge in [-0.3, -0.25) is 9.59 Å². The quantitative estimate of drug-likeness (QED) is 0.510. The number of alkyl halides is 1. The first-order valence-corrected chi connectivity index (χ1v) is 10.6. The zero-order valence-corrected chi connectivity index (χ0v) is 19.9. The standard InChI is InChI=1S/C12H15NO2.C9H10O.C3H6BrNO/c1-3-6-10-7-4-5-8-11(10)15-9(2)12(13)14;1-2-5-8-6-3-4-7-9(8)10;1-2(4)3(5)6/h3-9H,1-2H3,(H2,13,14);2-7,10H,1H3;2H,1H3,(H2,5,6). The fourth-order valence-electron chi connectivity index (χ4n) is 1.96. The zero-order chi connectivity index (χ0) is 23.8. The molecule has 2 rings (SSSR count). The highest BCUT2D eigenvalue weighted by Gasteiger charge is 2.11. The first-order chi connectivity index (χ1) is 14.6. The van der Waals surface area contributed by atoms with Gasteiger partial charge in [0.15, 0.2) is 6.10 Å². The van der Waals surface area contributed by atoms with Gasteiger partial charge in [0.05, 0.1) is 4.83 Å². The Bertz CT molecular complexity index is 879. The highest BCUT2D eigenvalue weighted by Crippen LogP contribution is 2.20. The minimum absolute atomic E-state index is 0.197. The van der Waals surface area contributed by atoms with Crippen LogP contribution in [0.4, 0.5) is 0 Å². The molecule has 2 aromatic carbocycles. The van der Waals surface area contributed by atoms with Crippen LogP contribution < -0.4 is 16.2 Å². The number of halogens is 1. The molecule has 2 unspecified atom stereocenters. The Labute approximate surface area is 192 Å². The number of carbonyl (C=O) groups excluding carboxylic acids is 2. The molecule has 0 bridgehead atoms. The number of benzene rings is 2. The molecule has 2 amide bonds. The van der Waals surface area contributed by atoms with Crippen LogP contribution >= 0.6 is 15.9 Å². The summed E-state index contributed by atoms with van der Waals surface area (Å²) in [6, 6.07) is 14.8. The number of amides is 2. The molecule has 168 valence electrons. The maximum absolute atomic E-state index is 10.9. The molecule has 0 spiro atoms. The number of phenols is 1. The van der Waals surface area contributed by atoms with Gasteiger partial charge in [-0.15, -0.1) is 0 Å². The van der Waals surface area contributed by atoms with Gasteiger partial charge in [-0.2, -0.15) is 0 Å². The van der Waals surface area contributed by atoms with Crippen molar-refractivity contribution in [3.05, 3.63) is 71.8 Å². The number of nitrogens with two attached hydrogens (primary N) is 2. The van der Waals surface area contributed by atoms with Crippen molar-refractivity contribution in [2.24, 2.45) is 11.5 Å². The van der Waals surface area contributed by atoms with E-state index in [-0.39, 0.29) is 10.7 Å². The van der Waals surface area contributed by atoms with Gasteiger partial charge in [0.25, 0.3) is 5.91 Å². The van der Waals surface area contributed by atoms with Crippen LogP contribution in [0.2, 0.25) is 0 Å². The largest absolute Gasteiger partial charge is 0.507 e. The summed E-state index contributed by atoms with van der Waals surface area (Å²) in [6.45, 7) is 7.16. The Morgan fingerprint density at radius 3 is 1.81 bits per heavy atom. The lowest BCUT2D eigenvalue weighted by atomic mass is 10.2. The van der Waals surface area contributed by atoms with Crippen LogP contribution in [0.1, 0.15) is 38.8 Å². The molecule has 0 saturated heterocycles. The molecule has 7 heteroatoms. The van der Waals surface area contributed by atoms with Crippen LogP contribution in [0, 0.1) is 0 Å². The van der Waals surface area contributed by atoms with Crippen molar-refractivity contribution in [3.8, 4) is 11.5 Å². The fraction of sp³-hybridized carbons (Fsp3) is 0.250. The van der Waals surface area contributed by atoms with Gasteiger partial charge in [0.2, 0.25) is 5.91 Å². The summed E-state index contributed by atoms with van der Waals surface area (Å²) in [6.07, 6.45) is 6.99. The van der Waals surface area contributed by atoms with Gasteiger partial charge < -0.3 is 21.3 Å². The second-order valence-electron chi connectivity index (χ2n) is 6.28. The Morgan fingerprint density at radius 2 is 1.35 bits per heavy atom. The Kier molecular flexibility index (Phi) is 14.2. The lowest BCUT2D eigenvalue weighted by Gasteiger charge is -2.13. The molecule has 0 aliphatic rings. The van der Waals surface area contributed by atoms with E-state index in [0.717, 1.165) is 11.1 Å². The lowest BCUT2D eigenvalue weighted by Crippen LogP contribution is -2.30. The average Bonchev–Trinajstić information content (AvgIpc) is 2.72. The number of hydrogen-bond acceptors (Lipinski definition) is 4. The average molecular weight is 491 g/mol. The molecule has 2 atom stereocenters. The zero-order valence-electron chi connectivity index (χ0n) is 18.3. The summed E-state index contributed by atoms with van der Waals surface area (Å²) in [4.78, 5) is 20.5. The Balaban J connectivity index is 0.000000484. The molecule has 0 aliphatic carbocycles. The molecule has 0 heterocycles. The third-order valence-electron chi connectivity index (χ3n) is 3.64. The molecular formula is C24H31BrN2O4. The smallest absolute Gasteiger partial charge is 0.258 e. The minimum atomic E-state index is -0.614. The van der Waals surface area contributed by atoms with Crippen molar-refractivity contribution < 1.29 is 19.4 Å². The van der Waals surface area contributed by atoms with E-state index in [2.05, 4.69) is 15.9 Å². The number of phenolic OH excluding ortho intramolecular Hbond substituents is 1. The molecule has 0 radical (unpaired) electrons. The molecule has 31 heavy (non-hydrogen) atoms. The van der Waals surface area contributed by atoms with Crippen molar-refractivity contribution in [2.75, 3.05) is 0 Å². The Hall–Kier alpha value is -3.06.